The highest BCUT2D eigenvalue weighted by atomic mass is 16.6. The Morgan fingerprint density at radius 1 is 1.41 bits per heavy atom. The predicted molar refractivity (Wildman–Crippen MR) is 107 cm³/mol. The molecule has 6 nitrogen and oxygen atoms in total. The smallest absolute Gasteiger partial charge is 0.308 e. The molecule has 0 aromatic carbocycles. The molecule has 0 saturated carbocycles. The van der Waals surface area contributed by atoms with Crippen molar-refractivity contribution in [2.45, 2.75) is 72.0 Å². The maximum atomic E-state index is 12.0. The molecule has 1 aliphatic rings. The summed E-state index contributed by atoms with van der Waals surface area (Å²) in [5, 5.41) is 7.23. The molecule has 3 unspecified atom stereocenters. The van der Waals surface area contributed by atoms with E-state index < -0.39 is 0 Å². The average Bonchev–Trinajstić information content (AvgIpc) is 3.31. The van der Waals surface area contributed by atoms with Gasteiger partial charge in [0.05, 0.1) is 29.5 Å². The quantitative estimate of drug-likeness (QED) is 0.354. The lowest BCUT2D eigenvalue weighted by molar-refractivity contribution is -0.152. The van der Waals surface area contributed by atoms with E-state index in [1.54, 1.807) is 0 Å². The minimum Gasteiger partial charge on any atom is -0.463 e. The standard InChI is InChI=1S/C21H33N3O3/c1-5-6-7-15(4)21(25)26-12-16-8-11-19(27-16)17-9-10-18(24-17)20(14(2)3)23-13-22/h9-10,13-16,19,22,24H,5-8,11-12H2,1-4H3. The van der Waals surface area contributed by atoms with Gasteiger partial charge < -0.3 is 14.5 Å². The van der Waals surface area contributed by atoms with Crippen LogP contribution in [0.5, 0.6) is 0 Å². The van der Waals surface area contributed by atoms with Gasteiger partial charge >= 0.3 is 5.97 Å². The zero-order chi connectivity index (χ0) is 19.8. The highest BCUT2D eigenvalue weighted by molar-refractivity contribution is 6.03. The maximum Gasteiger partial charge on any atom is 0.308 e. The fraction of sp³-hybridized carbons (Fsp3) is 0.667. The number of H-pyrrole nitrogens is 1. The number of carbonyl (C=O) groups excluding carboxylic acids is 1. The largest absolute Gasteiger partial charge is 0.463 e. The molecule has 0 amide bonds. The summed E-state index contributed by atoms with van der Waals surface area (Å²) in [5.41, 5.74) is 2.79. The lowest BCUT2D eigenvalue weighted by atomic mass is 10.1. The van der Waals surface area contributed by atoms with Gasteiger partial charge in [-0.15, -0.1) is 0 Å². The first kappa shape index (κ1) is 21.4. The van der Waals surface area contributed by atoms with E-state index in [0.717, 1.165) is 55.5 Å². The molecule has 1 aromatic heterocycles. The van der Waals surface area contributed by atoms with Crippen LogP contribution < -0.4 is 0 Å². The van der Waals surface area contributed by atoms with E-state index in [0.29, 0.717) is 6.61 Å². The maximum absolute atomic E-state index is 12.0. The number of aromatic amines is 1. The Balaban J connectivity index is 1.87. The molecule has 1 fully saturated rings. The van der Waals surface area contributed by atoms with Crippen molar-refractivity contribution in [2.75, 3.05) is 6.61 Å². The fourth-order valence-electron chi connectivity index (χ4n) is 3.35. The number of aliphatic imine (C=N–C) groups is 1. The third-order valence-electron chi connectivity index (χ3n) is 4.99. The summed E-state index contributed by atoms with van der Waals surface area (Å²) in [6, 6.07) is 4.01. The molecule has 150 valence electrons. The van der Waals surface area contributed by atoms with Crippen LogP contribution in [0.3, 0.4) is 0 Å². The number of nitrogens with one attached hydrogen (secondary N) is 2. The number of aromatic nitrogens is 1. The molecule has 2 rings (SSSR count). The Morgan fingerprint density at radius 2 is 2.19 bits per heavy atom. The molecular formula is C21H33N3O3. The van der Waals surface area contributed by atoms with Crippen LogP contribution in [0.4, 0.5) is 0 Å². The summed E-state index contributed by atoms with van der Waals surface area (Å²) in [6.07, 6.45) is 5.79. The Bertz CT molecular complexity index is 651. The van der Waals surface area contributed by atoms with E-state index in [1.807, 2.05) is 19.1 Å². The van der Waals surface area contributed by atoms with E-state index in [4.69, 9.17) is 14.9 Å². The molecule has 0 aliphatic carbocycles. The summed E-state index contributed by atoms with van der Waals surface area (Å²) < 4.78 is 11.5. The van der Waals surface area contributed by atoms with E-state index in [1.165, 1.54) is 0 Å². The summed E-state index contributed by atoms with van der Waals surface area (Å²) in [5.74, 6) is 0.0576. The highest BCUT2D eigenvalue weighted by Crippen LogP contribution is 2.32. The van der Waals surface area contributed by atoms with Gasteiger partial charge in [-0.3, -0.25) is 10.2 Å². The molecule has 2 heterocycles. The number of esters is 1. The second-order valence-corrected chi connectivity index (χ2v) is 7.62. The third kappa shape index (κ3) is 6.03. The van der Waals surface area contributed by atoms with Crippen LogP contribution in [-0.4, -0.2) is 35.7 Å². The Morgan fingerprint density at radius 3 is 2.85 bits per heavy atom. The van der Waals surface area contributed by atoms with Crippen molar-refractivity contribution in [1.82, 2.24) is 4.98 Å². The van der Waals surface area contributed by atoms with Gasteiger partial charge in [0.2, 0.25) is 0 Å². The topological polar surface area (TPSA) is 87.5 Å². The van der Waals surface area contributed by atoms with Gasteiger partial charge in [-0.2, -0.15) is 0 Å². The van der Waals surface area contributed by atoms with Crippen molar-refractivity contribution < 1.29 is 14.3 Å². The van der Waals surface area contributed by atoms with E-state index in [-0.39, 0.29) is 30.0 Å². The van der Waals surface area contributed by atoms with Crippen molar-refractivity contribution >= 4 is 18.0 Å². The Kier molecular flexibility index (Phi) is 8.23. The molecule has 3 atom stereocenters. The number of hydrogen-bond donors (Lipinski definition) is 2. The highest BCUT2D eigenvalue weighted by Gasteiger charge is 2.29. The van der Waals surface area contributed by atoms with Gasteiger partial charge in [0.15, 0.2) is 0 Å². The summed E-state index contributed by atoms with van der Waals surface area (Å²) in [4.78, 5) is 19.6. The molecule has 6 heteroatoms. The lowest BCUT2D eigenvalue weighted by Crippen LogP contribution is -2.22. The van der Waals surface area contributed by atoms with Crippen molar-refractivity contribution in [2.24, 2.45) is 16.8 Å². The first-order chi connectivity index (χ1) is 13.0. The molecule has 1 saturated heterocycles. The van der Waals surface area contributed by atoms with Crippen molar-refractivity contribution in [3.63, 3.8) is 0 Å². The number of hydrogen-bond acceptors (Lipinski definition) is 4. The van der Waals surface area contributed by atoms with Crippen molar-refractivity contribution in [3.8, 4) is 0 Å². The Hall–Kier alpha value is -1.95. The van der Waals surface area contributed by atoms with Crippen molar-refractivity contribution in [1.29, 1.82) is 5.41 Å². The first-order valence-electron chi connectivity index (χ1n) is 10.0. The van der Waals surface area contributed by atoms with Crippen LogP contribution in [0.2, 0.25) is 0 Å². The Labute approximate surface area is 162 Å². The number of rotatable bonds is 10. The zero-order valence-electron chi connectivity index (χ0n) is 17.0. The van der Waals surface area contributed by atoms with Crippen LogP contribution in [-0.2, 0) is 14.3 Å². The van der Waals surface area contributed by atoms with Gasteiger partial charge in [-0.05, 0) is 37.3 Å². The summed E-state index contributed by atoms with van der Waals surface area (Å²) in [7, 11) is 0. The minimum absolute atomic E-state index is 0.0200. The third-order valence-corrected chi connectivity index (χ3v) is 4.99. The van der Waals surface area contributed by atoms with E-state index >= 15 is 0 Å². The zero-order valence-corrected chi connectivity index (χ0v) is 17.0. The van der Waals surface area contributed by atoms with Gasteiger partial charge in [-0.1, -0.05) is 40.5 Å². The summed E-state index contributed by atoms with van der Waals surface area (Å²) >= 11 is 0. The average molecular weight is 376 g/mol. The molecule has 27 heavy (non-hydrogen) atoms. The van der Waals surface area contributed by atoms with Crippen LogP contribution in [0.1, 0.15) is 77.3 Å². The molecule has 1 aromatic rings. The van der Waals surface area contributed by atoms with Crippen LogP contribution >= 0.6 is 0 Å². The molecule has 2 N–H and O–H groups in total. The van der Waals surface area contributed by atoms with E-state index in [9.17, 15) is 4.79 Å². The van der Waals surface area contributed by atoms with E-state index in [2.05, 4.69) is 30.7 Å². The number of ether oxygens (including phenoxy) is 2. The SMILES string of the molecule is CCCCC(C)C(=O)OCC1CCC(c2ccc(C(=NC=N)C(C)C)[nH]2)O1. The number of carbonyl (C=O) groups is 1. The van der Waals surface area contributed by atoms with Crippen LogP contribution in [0.15, 0.2) is 17.1 Å². The van der Waals surface area contributed by atoms with Gasteiger partial charge in [0.1, 0.15) is 12.9 Å². The van der Waals surface area contributed by atoms with Gasteiger partial charge in [-0.25, -0.2) is 4.99 Å². The normalized spacial score (nSPS) is 21.4. The molecular weight excluding hydrogens is 342 g/mol. The first-order valence-corrected chi connectivity index (χ1v) is 10.0. The molecule has 0 bridgehead atoms. The monoisotopic (exact) mass is 375 g/mol. The molecule has 0 radical (unpaired) electrons. The number of unbranched alkanes of at least 4 members (excludes halogenated alkanes) is 1. The molecule has 0 spiro atoms. The van der Waals surface area contributed by atoms with Gasteiger partial charge in [0, 0.05) is 5.69 Å². The fourth-order valence-corrected chi connectivity index (χ4v) is 3.35. The number of nitrogens with zero attached hydrogens (tertiary/aromatic N) is 1. The van der Waals surface area contributed by atoms with Crippen molar-refractivity contribution in [3.05, 3.63) is 23.5 Å². The van der Waals surface area contributed by atoms with Crippen LogP contribution in [0, 0.1) is 17.2 Å². The molecule has 1 aliphatic heterocycles. The predicted octanol–water partition coefficient (Wildman–Crippen LogP) is 4.66. The lowest BCUT2D eigenvalue weighted by Gasteiger charge is -2.15. The van der Waals surface area contributed by atoms with Crippen LogP contribution in [0.25, 0.3) is 0 Å². The van der Waals surface area contributed by atoms with Gasteiger partial charge in [0.25, 0.3) is 0 Å². The second-order valence-electron chi connectivity index (χ2n) is 7.62. The minimum atomic E-state index is -0.123. The summed E-state index contributed by atoms with van der Waals surface area (Å²) in [6.45, 7) is 8.49. The second kappa shape index (κ2) is 10.4.